The Morgan fingerprint density at radius 3 is 2.69 bits per heavy atom. The van der Waals surface area contributed by atoms with Crippen molar-refractivity contribution in [1.82, 2.24) is 14.9 Å². The maximum absolute atomic E-state index is 5.14. The van der Waals surface area contributed by atoms with Crippen LogP contribution in [0.2, 0.25) is 0 Å². The van der Waals surface area contributed by atoms with Crippen LogP contribution in [0.25, 0.3) is 6.08 Å². The Bertz CT molecular complexity index is 489. The van der Waals surface area contributed by atoms with Crippen molar-refractivity contribution < 1.29 is 4.42 Å². The second kappa shape index (κ2) is 4.57. The molecule has 0 fully saturated rings. The molecule has 0 radical (unpaired) electrons. The number of allylic oxidation sites excluding steroid dienone is 1. The Morgan fingerprint density at radius 2 is 2.06 bits per heavy atom. The maximum Gasteiger partial charge on any atom is 0.151 e. The van der Waals surface area contributed by atoms with Crippen LogP contribution < -0.4 is 0 Å². The smallest absolute Gasteiger partial charge is 0.151 e. The highest BCUT2D eigenvalue weighted by Gasteiger charge is 1.99. The van der Waals surface area contributed by atoms with Gasteiger partial charge in [0.1, 0.15) is 5.76 Å². The summed E-state index contributed by atoms with van der Waals surface area (Å²) in [5.41, 5.74) is 0. The van der Waals surface area contributed by atoms with E-state index in [2.05, 4.69) is 15.3 Å². The second-order valence-corrected chi connectivity index (χ2v) is 3.25. The number of aryl methyl sites for hydroxylation is 2. The molecule has 0 N–H and O–H groups in total. The zero-order valence-electron chi connectivity index (χ0n) is 9.16. The molecule has 2 heterocycles. The van der Waals surface area contributed by atoms with Crippen molar-refractivity contribution in [2.45, 2.75) is 13.8 Å². The highest BCUT2D eigenvalue weighted by molar-refractivity contribution is 5.77. The Morgan fingerprint density at radius 1 is 1.31 bits per heavy atom. The van der Waals surface area contributed by atoms with E-state index in [-0.39, 0.29) is 0 Å². The topological polar surface area (TPSA) is 56.2 Å². The lowest BCUT2D eigenvalue weighted by atomic mass is 10.4. The van der Waals surface area contributed by atoms with Gasteiger partial charge in [-0.15, -0.1) is 10.2 Å². The summed E-state index contributed by atoms with van der Waals surface area (Å²) in [6, 6.07) is 3.71. The summed E-state index contributed by atoms with van der Waals surface area (Å²) < 4.78 is 6.81. The van der Waals surface area contributed by atoms with Crippen LogP contribution in [-0.4, -0.2) is 21.1 Å². The van der Waals surface area contributed by atoms with E-state index in [1.165, 1.54) is 0 Å². The quantitative estimate of drug-likeness (QED) is 0.737. The minimum atomic E-state index is 0.764. The molecule has 2 aromatic heterocycles. The van der Waals surface area contributed by atoms with Crippen LogP contribution in [0.1, 0.15) is 17.4 Å². The van der Waals surface area contributed by atoms with Gasteiger partial charge >= 0.3 is 0 Å². The molecule has 0 saturated heterocycles. The molecule has 16 heavy (non-hydrogen) atoms. The predicted octanol–water partition coefficient (Wildman–Crippen LogP) is 2.04. The summed E-state index contributed by atoms with van der Waals surface area (Å²) in [6.45, 7) is 3.71. The van der Waals surface area contributed by atoms with Gasteiger partial charge in [-0.2, -0.15) is 5.10 Å². The van der Waals surface area contributed by atoms with Gasteiger partial charge in [-0.25, -0.2) is 4.68 Å². The van der Waals surface area contributed by atoms with Crippen LogP contribution in [-0.2, 0) is 0 Å². The van der Waals surface area contributed by atoms with Gasteiger partial charge in [0, 0.05) is 6.21 Å². The van der Waals surface area contributed by atoms with E-state index < -0.39 is 0 Å². The van der Waals surface area contributed by atoms with Gasteiger partial charge in [-0.1, -0.05) is 0 Å². The highest BCUT2D eigenvalue weighted by Crippen LogP contribution is 2.01. The summed E-state index contributed by atoms with van der Waals surface area (Å²) >= 11 is 0. The Hall–Kier alpha value is -2.17. The van der Waals surface area contributed by atoms with Crippen LogP contribution in [0.15, 0.2) is 34.0 Å². The average Bonchev–Trinajstić information content (AvgIpc) is 2.87. The predicted molar refractivity (Wildman–Crippen MR) is 61.1 cm³/mol. The molecule has 2 rings (SSSR count). The van der Waals surface area contributed by atoms with E-state index in [4.69, 9.17) is 4.42 Å². The van der Waals surface area contributed by atoms with Crippen molar-refractivity contribution in [1.29, 1.82) is 0 Å². The Balaban J connectivity index is 2.05. The van der Waals surface area contributed by atoms with Crippen molar-refractivity contribution in [3.05, 3.63) is 41.9 Å². The zero-order valence-corrected chi connectivity index (χ0v) is 9.16. The molecular weight excluding hydrogens is 204 g/mol. The van der Waals surface area contributed by atoms with E-state index in [1.54, 1.807) is 23.2 Å². The second-order valence-electron chi connectivity index (χ2n) is 3.25. The first-order valence-corrected chi connectivity index (χ1v) is 4.90. The van der Waals surface area contributed by atoms with Crippen molar-refractivity contribution >= 4 is 12.3 Å². The third kappa shape index (κ3) is 2.25. The summed E-state index contributed by atoms with van der Waals surface area (Å²) in [4.78, 5) is 0. The van der Waals surface area contributed by atoms with Crippen LogP contribution in [0, 0.1) is 13.8 Å². The number of nitrogens with zero attached hydrogens (tertiary/aromatic N) is 4. The summed E-state index contributed by atoms with van der Waals surface area (Å²) in [7, 11) is 0. The van der Waals surface area contributed by atoms with E-state index in [0.717, 1.165) is 17.4 Å². The number of hydrogen-bond donors (Lipinski definition) is 0. The average molecular weight is 216 g/mol. The van der Waals surface area contributed by atoms with Crippen molar-refractivity contribution in [3.63, 3.8) is 0 Å². The number of aromatic nitrogens is 3. The summed E-state index contributed by atoms with van der Waals surface area (Å²) in [5, 5.41) is 12.0. The largest absolute Gasteiger partial charge is 0.465 e. The minimum absolute atomic E-state index is 0.764. The first-order valence-electron chi connectivity index (χ1n) is 4.90. The molecule has 0 spiro atoms. The third-order valence-electron chi connectivity index (χ3n) is 2.02. The standard InChI is InChI=1S/C11H12N4O/c1-9-13-14-10(2)15(9)12-7-3-5-11-6-4-8-16-11/h3-8H,1-2H3/b5-3+,12-7-. The van der Waals surface area contributed by atoms with Gasteiger partial charge in [0.2, 0.25) is 0 Å². The van der Waals surface area contributed by atoms with Crippen LogP contribution >= 0.6 is 0 Å². The Kier molecular flexibility index (Phi) is 2.95. The molecule has 2 aromatic rings. The molecule has 0 saturated carbocycles. The van der Waals surface area contributed by atoms with E-state index in [0.29, 0.717) is 0 Å². The molecule has 0 aromatic carbocycles. The van der Waals surface area contributed by atoms with Gasteiger partial charge in [-0.3, -0.25) is 0 Å². The lowest BCUT2D eigenvalue weighted by molar-refractivity contribution is 0.557. The van der Waals surface area contributed by atoms with Crippen LogP contribution in [0.5, 0.6) is 0 Å². The van der Waals surface area contributed by atoms with Gasteiger partial charge in [0.25, 0.3) is 0 Å². The maximum atomic E-state index is 5.14. The molecule has 82 valence electrons. The molecule has 0 aliphatic rings. The first-order chi connectivity index (χ1) is 7.77. The van der Waals surface area contributed by atoms with E-state index in [1.807, 2.05) is 32.1 Å². The zero-order chi connectivity index (χ0) is 11.4. The molecule has 5 nitrogen and oxygen atoms in total. The van der Waals surface area contributed by atoms with Gasteiger partial charge < -0.3 is 4.42 Å². The molecule has 5 heteroatoms. The van der Waals surface area contributed by atoms with Gasteiger partial charge in [-0.05, 0) is 38.1 Å². The molecule has 0 bridgehead atoms. The molecule has 0 unspecified atom stereocenters. The van der Waals surface area contributed by atoms with Crippen LogP contribution in [0.4, 0.5) is 0 Å². The molecule has 0 amide bonds. The lowest BCUT2D eigenvalue weighted by Gasteiger charge is -1.94. The fourth-order valence-electron chi connectivity index (χ4n) is 1.26. The monoisotopic (exact) mass is 216 g/mol. The van der Waals surface area contributed by atoms with Crippen LogP contribution in [0.3, 0.4) is 0 Å². The molecular formula is C11H12N4O. The first kappa shape index (κ1) is 10.4. The van der Waals surface area contributed by atoms with E-state index >= 15 is 0 Å². The normalized spacial score (nSPS) is 11.9. The summed E-state index contributed by atoms with van der Waals surface area (Å²) in [6.07, 6.45) is 6.94. The molecule has 0 atom stereocenters. The van der Waals surface area contributed by atoms with Crippen molar-refractivity contribution in [3.8, 4) is 0 Å². The number of furan rings is 1. The minimum Gasteiger partial charge on any atom is -0.465 e. The fraction of sp³-hybridized carbons (Fsp3) is 0.182. The summed E-state index contributed by atoms with van der Waals surface area (Å²) in [5.74, 6) is 2.32. The van der Waals surface area contributed by atoms with Gasteiger partial charge in [0.15, 0.2) is 11.6 Å². The molecule has 0 aliphatic heterocycles. The number of rotatable bonds is 3. The Labute approximate surface area is 93.1 Å². The third-order valence-corrected chi connectivity index (χ3v) is 2.02. The van der Waals surface area contributed by atoms with E-state index in [9.17, 15) is 0 Å². The number of hydrogen-bond acceptors (Lipinski definition) is 4. The van der Waals surface area contributed by atoms with Crippen molar-refractivity contribution in [2.24, 2.45) is 5.10 Å². The lowest BCUT2D eigenvalue weighted by Crippen LogP contribution is -1.94. The van der Waals surface area contributed by atoms with Gasteiger partial charge in [0.05, 0.1) is 6.26 Å². The highest BCUT2D eigenvalue weighted by atomic mass is 16.3. The SMILES string of the molecule is Cc1nnc(C)n1/N=C\C=C\c1ccco1. The fourth-order valence-corrected chi connectivity index (χ4v) is 1.26. The molecule has 0 aliphatic carbocycles. The van der Waals surface area contributed by atoms with Crippen molar-refractivity contribution in [2.75, 3.05) is 0 Å².